The smallest absolute Gasteiger partial charge is 0.160 e. The molecular formula is C6H7FN2S. The van der Waals surface area contributed by atoms with E-state index in [1.54, 1.807) is 12.1 Å². The van der Waals surface area contributed by atoms with Crippen molar-refractivity contribution in [2.45, 2.75) is 4.90 Å². The number of nitrogens with one attached hydrogen (secondary N) is 1. The van der Waals surface area contributed by atoms with Crippen molar-refractivity contribution in [3.05, 3.63) is 24.0 Å². The van der Waals surface area contributed by atoms with Crippen molar-refractivity contribution in [1.82, 2.24) is 0 Å². The van der Waals surface area contributed by atoms with E-state index >= 15 is 0 Å². The van der Waals surface area contributed by atoms with Gasteiger partial charge in [0.05, 0.1) is 5.69 Å². The zero-order valence-electron chi connectivity index (χ0n) is 5.13. The zero-order chi connectivity index (χ0) is 7.56. The fraction of sp³-hybridized carbons (Fsp3) is 0. The van der Waals surface area contributed by atoms with Gasteiger partial charge in [0.15, 0.2) is 5.82 Å². The number of hydrogen-bond acceptors (Lipinski definition) is 3. The molecule has 0 amide bonds. The second-order valence-corrected chi connectivity index (χ2v) is 2.26. The van der Waals surface area contributed by atoms with Crippen LogP contribution in [0.2, 0.25) is 0 Å². The molecule has 0 atom stereocenters. The normalized spacial score (nSPS) is 9.50. The van der Waals surface area contributed by atoms with Crippen LogP contribution in [0.4, 0.5) is 10.1 Å². The minimum absolute atomic E-state index is 0.257. The van der Waals surface area contributed by atoms with Gasteiger partial charge in [0.1, 0.15) is 0 Å². The lowest BCUT2D eigenvalue weighted by molar-refractivity contribution is 0.606. The summed E-state index contributed by atoms with van der Waals surface area (Å²) in [5, 5.41) is 0. The van der Waals surface area contributed by atoms with E-state index in [-0.39, 0.29) is 10.6 Å². The monoisotopic (exact) mass is 158 g/mol. The van der Waals surface area contributed by atoms with Crippen LogP contribution < -0.4 is 11.3 Å². The summed E-state index contributed by atoms with van der Waals surface area (Å²) in [6, 6.07) is 4.76. The van der Waals surface area contributed by atoms with Gasteiger partial charge >= 0.3 is 0 Å². The van der Waals surface area contributed by atoms with Crippen LogP contribution in [0.1, 0.15) is 0 Å². The number of hydrogen-bond donors (Lipinski definition) is 3. The van der Waals surface area contributed by atoms with E-state index in [4.69, 9.17) is 5.84 Å². The number of halogens is 1. The Morgan fingerprint density at radius 2 is 2.20 bits per heavy atom. The highest BCUT2D eigenvalue weighted by Gasteiger charge is 2.01. The summed E-state index contributed by atoms with van der Waals surface area (Å²) in [6.45, 7) is 0. The van der Waals surface area contributed by atoms with Gasteiger partial charge in [-0.1, -0.05) is 6.07 Å². The molecule has 0 aromatic heterocycles. The highest BCUT2D eigenvalue weighted by atomic mass is 32.1. The fourth-order valence-electron chi connectivity index (χ4n) is 0.631. The Hall–Kier alpha value is -0.740. The molecule has 10 heavy (non-hydrogen) atoms. The minimum atomic E-state index is -0.423. The molecule has 0 bridgehead atoms. The summed E-state index contributed by atoms with van der Waals surface area (Å²) in [5.41, 5.74) is 2.47. The molecule has 0 heterocycles. The second kappa shape index (κ2) is 2.90. The summed E-state index contributed by atoms with van der Waals surface area (Å²) in [5.74, 6) is 4.57. The molecule has 0 unspecified atom stereocenters. The van der Waals surface area contributed by atoms with Crippen LogP contribution in [0.15, 0.2) is 23.1 Å². The number of nitrogen functional groups attached to an aromatic ring is 1. The first-order valence-corrected chi connectivity index (χ1v) is 3.14. The first-order chi connectivity index (χ1) is 4.75. The molecule has 4 heteroatoms. The Labute approximate surface area is 63.6 Å². The molecule has 0 saturated heterocycles. The predicted molar refractivity (Wildman–Crippen MR) is 41.5 cm³/mol. The third-order valence-electron chi connectivity index (χ3n) is 1.13. The topological polar surface area (TPSA) is 38.0 Å². The largest absolute Gasteiger partial charge is 0.321 e. The van der Waals surface area contributed by atoms with Crippen LogP contribution in [-0.2, 0) is 0 Å². The molecule has 1 aromatic rings. The maximum Gasteiger partial charge on any atom is 0.160 e. The molecule has 0 aliphatic rings. The first kappa shape index (κ1) is 7.37. The lowest BCUT2D eigenvalue weighted by atomic mass is 10.3. The molecule has 1 rings (SSSR count). The molecular weight excluding hydrogens is 151 g/mol. The van der Waals surface area contributed by atoms with Gasteiger partial charge in [-0.05, 0) is 12.1 Å². The van der Waals surface area contributed by atoms with Crippen molar-refractivity contribution in [1.29, 1.82) is 0 Å². The van der Waals surface area contributed by atoms with Crippen molar-refractivity contribution < 1.29 is 4.39 Å². The highest BCUT2D eigenvalue weighted by Crippen LogP contribution is 2.18. The maximum atomic E-state index is 12.8. The molecule has 0 aliphatic carbocycles. The lowest BCUT2D eigenvalue weighted by Gasteiger charge is -2.01. The van der Waals surface area contributed by atoms with E-state index in [2.05, 4.69) is 18.1 Å². The number of thiol groups is 1. The average Bonchev–Trinajstić information content (AvgIpc) is 1.95. The van der Waals surface area contributed by atoms with E-state index in [1.165, 1.54) is 6.07 Å². The minimum Gasteiger partial charge on any atom is -0.321 e. The van der Waals surface area contributed by atoms with Crippen LogP contribution in [0.5, 0.6) is 0 Å². The van der Waals surface area contributed by atoms with Crippen molar-refractivity contribution >= 4 is 18.3 Å². The number of nitrogens with two attached hydrogens (primary N) is 1. The number of rotatable bonds is 1. The molecule has 3 N–H and O–H groups in total. The summed E-state index contributed by atoms with van der Waals surface area (Å²) in [7, 11) is 0. The van der Waals surface area contributed by atoms with Gasteiger partial charge in [0, 0.05) is 4.90 Å². The fourth-order valence-corrected chi connectivity index (χ4v) is 0.838. The molecule has 1 aromatic carbocycles. The number of anilines is 1. The Bertz CT molecular complexity index is 239. The molecule has 0 saturated carbocycles. The second-order valence-electron chi connectivity index (χ2n) is 1.78. The van der Waals surface area contributed by atoms with Crippen LogP contribution >= 0.6 is 12.6 Å². The van der Waals surface area contributed by atoms with Gasteiger partial charge in [-0.25, -0.2) is 4.39 Å². The summed E-state index contributed by atoms with van der Waals surface area (Å²) in [4.78, 5) is 0.287. The van der Waals surface area contributed by atoms with Crippen molar-refractivity contribution in [2.24, 2.45) is 5.84 Å². The Morgan fingerprint density at radius 1 is 1.50 bits per heavy atom. The van der Waals surface area contributed by atoms with Gasteiger partial charge < -0.3 is 5.43 Å². The van der Waals surface area contributed by atoms with Gasteiger partial charge in [0.2, 0.25) is 0 Å². The van der Waals surface area contributed by atoms with E-state index in [0.717, 1.165) is 0 Å². The molecule has 0 aliphatic heterocycles. The quantitative estimate of drug-likeness (QED) is 0.328. The molecule has 0 spiro atoms. The summed E-state index contributed by atoms with van der Waals surface area (Å²) >= 11 is 3.85. The zero-order valence-corrected chi connectivity index (χ0v) is 6.03. The first-order valence-electron chi connectivity index (χ1n) is 2.70. The van der Waals surface area contributed by atoms with Crippen LogP contribution in [0, 0.1) is 5.82 Å². The van der Waals surface area contributed by atoms with E-state index in [1.807, 2.05) is 0 Å². The van der Waals surface area contributed by atoms with E-state index in [0.29, 0.717) is 0 Å². The number of benzene rings is 1. The van der Waals surface area contributed by atoms with Crippen LogP contribution in [-0.4, -0.2) is 0 Å². The Morgan fingerprint density at radius 3 is 2.70 bits per heavy atom. The summed E-state index contributed by atoms with van der Waals surface area (Å²) < 4.78 is 12.8. The summed E-state index contributed by atoms with van der Waals surface area (Å²) in [6.07, 6.45) is 0. The van der Waals surface area contributed by atoms with E-state index < -0.39 is 5.82 Å². The molecule has 54 valence electrons. The van der Waals surface area contributed by atoms with Crippen molar-refractivity contribution in [2.75, 3.05) is 5.43 Å². The molecule has 0 fully saturated rings. The third kappa shape index (κ3) is 1.22. The predicted octanol–water partition coefficient (Wildman–Crippen LogP) is 1.40. The lowest BCUT2D eigenvalue weighted by Crippen LogP contribution is -2.08. The van der Waals surface area contributed by atoms with E-state index in [9.17, 15) is 4.39 Å². The Kier molecular flexibility index (Phi) is 2.13. The van der Waals surface area contributed by atoms with Gasteiger partial charge in [-0.15, -0.1) is 12.6 Å². The van der Waals surface area contributed by atoms with Crippen LogP contribution in [0.3, 0.4) is 0 Å². The highest BCUT2D eigenvalue weighted by molar-refractivity contribution is 7.80. The average molecular weight is 158 g/mol. The van der Waals surface area contributed by atoms with Gasteiger partial charge in [-0.2, -0.15) is 0 Å². The van der Waals surface area contributed by atoms with Crippen molar-refractivity contribution in [3.63, 3.8) is 0 Å². The third-order valence-corrected chi connectivity index (χ3v) is 1.48. The standard InChI is InChI=1S/C6H7FN2S/c7-6-4(9-8)2-1-3-5(6)10/h1-3,9-10H,8H2. The molecule has 0 radical (unpaired) electrons. The SMILES string of the molecule is NNc1cccc(S)c1F. The van der Waals surface area contributed by atoms with Gasteiger partial charge in [0.25, 0.3) is 0 Å². The van der Waals surface area contributed by atoms with Gasteiger partial charge in [-0.3, -0.25) is 5.84 Å². The van der Waals surface area contributed by atoms with Crippen molar-refractivity contribution in [3.8, 4) is 0 Å². The Balaban J connectivity index is 3.14. The van der Waals surface area contributed by atoms with Crippen LogP contribution in [0.25, 0.3) is 0 Å². The molecule has 2 nitrogen and oxygen atoms in total. The maximum absolute atomic E-state index is 12.8. The number of hydrazine groups is 1.